The number of hydrogen-bond donors (Lipinski definition) is 5. The summed E-state index contributed by atoms with van der Waals surface area (Å²) >= 11 is 1.69. The largest absolute Gasteiger partial charge is 0.453 e. The number of alkyl carbamates (subject to hydrolysis) is 2. The number of aromatic nitrogens is 4. The van der Waals surface area contributed by atoms with Gasteiger partial charge in [-0.1, -0.05) is 71.4 Å². The Morgan fingerprint density at radius 1 is 0.767 bits per heavy atom. The molecule has 0 radical (unpaired) electrons. The van der Waals surface area contributed by atoms with Crippen molar-refractivity contribution in [2.45, 2.75) is 114 Å². The number of nitrogens with zero attached hydrogens (tertiary/aromatic N) is 4. The first-order valence-electron chi connectivity index (χ1n) is 21.2. The second-order valence-corrected chi connectivity index (χ2v) is 17.5. The van der Waals surface area contributed by atoms with Crippen LogP contribution in [0.2, 0.25) is 0 Å². The van der Waals surface area contributed by atoms with Gasteiger partial charge < -0.3 is 45.2 Å². The van der Waals surface area contributed by atoms with Crippen LogP contribution in [0.4, 0.5) is 21.0 Å². The van der Waals surface area contributed by atoms with Crippen molar-refractivity contribution < 1.29 is 28.7 Å². The minimum absolute atomic E-state index is 0.111. The third kappa shape index (κ3) is 9.28. The first-order chi connectivity index (χ1) is 28.9. The topological polar surface area (TPSA) is 187 Å². The Morgan fingerprint density at radius 3 is 1.90 bits per heavy atom. The molecule has 0 saturated carbocycles. The molecule has 5 N–H and O–H groups in total. The SMILES string of the molecule is CCCCCOC(=O)N[C@H](C(=O)N1CCC[C@H]1c1ncc(-c2ccc3c(c2)Sc2ccc(-c4cnc([C@@H]5CCCN5C(=O)[C@@H](NC(=O)OC)C(C)C)[nH]4)cc2N3)[nH]1)C(C)C. The molecule has 3 aliphatic rings. The average Bonchev–Trinajstić information content (AvgIpc) is 4.08. The molecule has 15 nitrogen and oxygen atoms in total. The Kier molecular flexibility index (Phi) is 13.4. The van der Waals surface area contributed by atoms with E-state index in [1.807, 2.05) is 49.9 Å². The number of carbonyl (C=O) groups excluding carboxylic acids is 4. The normalized spacial score (nSPS) is 18.1. The maximum Gasteiger partial charge on any atom is 0.407 e. The molecule has 0 bridgehead atoms. The lowest BCUT2D eigenvalue weighted by molar-refractivity contribution is -0.136. The van der Waals surface area contributed by atoms with E-state index < -0.39 is 24.3 Å². The van der Waals surface area contributed by atoms with E-state index in [9.17, 15) is 19.2 Å². The van der Waals surface area contributed by atoms with Gasteiger partial charge >= 0.3 is 12.2 Å². The molecular weight excluding hydrogens is 783 g/mol. The second-order valence-electron chi connectivity index (χ2n) is 16.5. The number of hydrogen-bond acceptors (Lipinski definition) is 10. The molecule has 4 aromatic rings. The summed E-state index contributed by atoms with van der Waals surface area (Å²) in [7, 11) is 1.29. The lowest BCUT2D eigenvalue weighted by atomic mass is 10.0. The Bertz CT molecular complexity index is 2190. The zero-order valence-corrected chi connectivity index (χ0v) is 36.1. The lowest BCUT2D eigenvalue weighted by Gasteiger charge is -2.30. The van der Waals surface area contributed by atoms with E-state index in [4.69, 9.17) is 19.4 Å². The number of likely N-dealkylation sites (tertiary alicyclic amines) is 2. The van der Waals surface area contributed by atoms with E-state index in [2.05, 4.69) is 69.2 Å². The molecular formula is C44H57N9O6S. The molecule has 3 aliphatic heterocycles. The van der Waals surface area contributed by atoms with Gasteiger partial charge in [0.15, 0.2) is 0 Å². The molecule has 7 rings (SSSR count). The maximum atomic E-state index is 13.9. The summed E-state index contributed by atoms with van der Waals surface area (Å²) in [6.45, 7) is 11.3. The van der Waals surface area contributed by atoms with Gasteiger partial charge in [-0.25, -0.2) is 19.6 Å². The minimum Gasteiger partial charge on any atom is -0.453 e. The predicted octanol–water partition coefficient (Wildman–Crippen LogP) is 8.32. The van der Waals surface area contributed by atoms with Gasteiger partial charge in [0.05, 0.1) is 61.0 Å². The molecule has 5 heterocycles. The summed E-state index contributed by atoms with van der Waals surface area (Å²) in [6, 6.07) is 10.7. The molecule has 2 aromatic heterocycles. The number of rotatable bonds is 14. The van der Waals surface area contributed by atoms with Gasteiger partial charge in [0.1, 0.15) is 23.7 Å². The van der Waals surface area contributed by atoms with Crippen LogP contribution < -0.4 is 16.0 Å². The van der Waals surface area contributed by atoms with Gasteiger partial charge in [0.2, 0.25) is 11.8 Å². The number of methoxy groups -OCH3 is 1. The summed E-state index contributed by atoms with van der Waals surface area (Å²) in [6.07, 6.45) is 8.52. The molecule has 16 heteroatoms. The molecule has 320 valence electrons. The van der Waals surface area contributed by atoms with Crippen LogP contribution >= 0.6 is 11.8 Å². The number of carbonyl (C=O) groups is 4. The van der Waals surface area contributed by atoms with Gasteiger partial charge in [0, 0.05) is 34.0 Å². The van der Waals surface area contributed by atoms with Crippen LogP contribution in [0.1, 0.15) is 103 Å². The molecule has 60 heavy (non-hydrogen) atoms. The molecule has 0 unspecified atom stereocenters. The fraction of sp³-hybridized carbons (Fsp3) is 0.500. The van der Waals surface area contributed by atoms with Crippen LogP contribution in [0.15, 0.2) is 58.6 Å². The van der Waals surface area contributed by atoms with E-state index >= 15 is 0 Å². The number of fused-ring (bicyclic) bond motifs is 2. The fourth-order valence-electron chi connectivity index (χ4n) is 8.22. The lowest BCUT2D eigenvalue weighted by Crippen LogP contribution is -2.51. The van der Waals surface area contributed by atoms with Crippen molar-refractivity contribution in [3.05, 3.63) is 60.4 Å². The van der Waals surface area contributed by atoms with Gasteiger partial charge in [-0.15, -0.1) is 0 Å². The summed E-state index contributed by atoms with van der Waals surface area (Å²) < 4.78 is 10.1. The van der Waals surface area contributed by atoms with Crippen molar-refractivity contribution in [1.82, 2.24) is 40.4 Å². The van der Waals surface area contributed by atoms with Crippen molar-refractivity contribution in [3.63, 3.8) is 0 Å². The number of imidazole rings is 2. The number of amides is 4. The summed E-state index contributed by atoms with van der Waals surface area (Å²) in [5.74, 6) is 0.956. The monoisotopic (exact) mass is 839 g/mol. The zero-order valence-electron chi connectivity index (χ0n) is 35.3. The van der Waals surface area contributed by atoms with Gasteiger partial charge in [-0.05, 0) is 68.2 Å². The van der Waals surface area contributed by atoms with Crippen molar-refractivity contribution in [2.75, 3.05) is 32.1 Å². The second kappa shape index (κ2) is 18.8. The van der Waals surface area contributed by atoms with Crippen LogP contribution in [-0.2, 0) is 19.1 Å². The summed E-state index contributed by atoms with van der Waals surface area (Å²) in [4.78, 5) is 74.3. The third-order valence-corrected chi connectivity index (χ3v) is 12.7. The van der Waals surface area contributed by atoms with Crippen molar-refractivity contribution in [2.24, 2.45) is 11.8 Å². The predicted molar refractivity (Wildman–Crippen MR) is 230 cm³/mol. The number of H-pyrrole nitrogens is 2. The number of ether oxygens (including phenoxy) is 2. The summed E-state index contributed by atoms with van der Waals surface area (Å²) in [5, 5.41) is 9.15. The number of aromatic amines is 2. The van der Waals surface area contributed by atoms with Crippen LogP contribution in [0.5, 0.6) is 0 Å². The number of unbranched alkanes of at least 4 members (excludes halogenated alkanes) is 2. The van der Waals surface area contributed by atoms with Gasteiger partial charge in [-0.3, -0.25) is 9.59 Å². The van der Waals surface area contributed by atoms with E-state index in [1.54, 1.807) is 11.8 Å². The molecule has 2 fully saturated rings. The highest BCUT2D eigenvalue weighted by atomic mass is 32.2. The fourth-order valence-corrected chi connectivity index (χ4v) is 9.22. The van der Waals surface area contributed by atoms with Crippen LogP contribution in [0, 0.1) is 11.8 Å². The van der Waals surface area contributed by atoms with Crippen molar-refractivity contribution in [1.29, 1.82) is 0 Å². The maximum absolute atomic E-state index is 13.9. The van der Waals surface area contributed by atoms with Gasteiger partial charge in [0.25, 0.3) is 0 Å². The van der Waals surface area contributed by atoms with E-state index in [0.29, 0.717) is 19.7 Å². The van der Waals surface area contributed by atoms with Gasteiger partial charge in [-0.2, -0.15) is 0 Å². The average molecular weight is 840 g/mol. The number of nitrogens with one attached hydrogen (secondary N) is 5. The molecule has 2 saturated heterocycles. The minimum atomic E-state index is -0.695. The Hall–Kier alpha value is -5.51. The van der Waals surface area contributed by atoms with Crippen molar-refractivity contribution >= 4 is 47.1 Å². The molecule has 4 amide bonds. The highest BCUT2D eigenvalue weighted by molar-refractivity contribution is 7.99. The van der Waals surface area contributed by atoms with Crippen LogP contribution in [-0.4, -0.2) is 92.6 Å². The Balaban J connectivity index is 1.01. The number of anilines is 2. The Morgan fingerprint density at radius 2 is 1.33 bits per heavy atom. The quantitative estimate of drug-likeness (QED) is 0.0681. The molecule has 0 aliphatic carbocycles. The van der Waals surface area contributed by atoms with Crippen molar-refractivity contribution in [3.8, 4) is 22.5 Å². The standard InChI is InChI=1S/C44H57N9O6S/c1-7-8-9-20-59-44(57)51-38(26(4)5)42(55)53-19-11-13-34(53)40-46-24-32(49-40)28-14-16-29-36(22-28)60-35-17-15-27(21-30(35)47-29)31-23-45-39(48-31)33-12-10-18-52(33)41(54)37(25(2)3)50-43(56)58-6/h14-17,21-26,33-34,37-38,47H,7-13,18-20H2,1-6H3,(H,45,48)(H,46,49)(H,50,56)(H,51,57)/t33-,34-,37-,38-/m0/s1. The highest BCUT2D eigenvalue weighted by Gasteiger charge is 2.39. The van der Waals surface area contributed by atoms with Crippen LogP contribution in [0.3, 0.4) is 0 Å². The summed E-state index contributed by atoms with van der Waals surface area (Å²) in [5.41, 5.74) is 5.63. The zero-order chi connectivity index (χ0) is 42.5. The first-order valence-corrected chi connectivity index (χ1v) is 22.0. The highest BCUT2D eigenvalue weighted by Crippen LogP contribution is 2.47. The Labute approximate surface area is 355 Å². The van der Waals surface area contributed by atoms with E-state index in [-0.39, 0.29) is 35.7 Å². The first kappa shape index (κ1) is 42.6. The van der Waals surface area contributed by atoms with Crippen LogP contribution in [0.25, 0.3) is 22.5 Å². The smallest absolute Gasteiger partial charge is 0.407 e. The van der Waals surface area contributed by atoms with E-state index in [0.717, 1.165) is 100 Å². The molecule has 2 aromatic carbocycles. The number of benzene rings is 2. The third-order valence-electron chi connectivity index (χ3n) is 11.5. The molecule has 0 spiro atoms. The molecule has 4 atom stereocenters. The van der Waals surface area contributed by atoms with E-state index in [1.165, 1.54) is 7.11 Å².